The van der Waals surface area contributed by atoms with Gasteiger partial charge in [-0.2, -0.15) is 4.98 Å². The van der Waals surface area contributed by atoms with Gasteiger partial charge in [-0.3, -0.25) is 0 Å². The van der Waals surface area contributed by atoms with Crippen molar-refractivity contribution in [1.82, 2.24) is 9.97 Å². The molecule has 0 aliphatic heterocycles. The third-order valence-corrected chi connectivity index (χ3v) is 3.78. The number of aromatic nitrogens is 2. The molecule has 0 amide bonds. The average Bonchev–Trinajstić information content (AvgIpc) is 2.39. The molecule has 1 aliphatic carbocycles. The van der Waals surface area contributed by atoms with Crippen LogP contribution in [0.4, 0.5) is 11.8 Å². The summed E-state index contributed by atoms with van der Waals surface area (Å²) in [5.41, 5.74) is -0.227. The molecule has 1 aliphatic rings. The Hall–Kier alpha value is -1.36. The lowest BCUT2D eigenvalue weighted by atomic mass is 9.77. The van der Waals surface area contributed by atoms with Gasteiger partial charge < -0.3 is 15.7 Å². The second-order valence-corrected chi connectivity index (χ2v) is 5.56. The molecule has 106 valence electrons. The van der Waals surface area contributed by atoms with Crippen molar-refractivity contribution in [2.45, 2.75) is 45.1 Å². The summed E-state index contributed by atoms with van der Waals surface area (Å²) in [7, 11) is 0. The zero-order valence-electron chi connectivity index (χ0n) is 11.8. The highest BCUT2D eigenvalue weighted by Crippen LogP contribution is 2.34. The molecule has 0 bridgehead atoms. The summed E-state index contributed by atoms with van der Waals surface area (Å²) in [4.78, 5) is 8.59. The number of nitrogens with zero attached hydrogens (tertiary/aromatic N) is 2. The number of nitrogens with one attached hydrogen (secondary N) is 2. The van der Waals surface area contributed by atoms with Gasteiger partial charge >= 0.3 is 0 Å². The van der Waals surface area contributed by atoms with Crippen LogP contribution in [0.3, 0.4) is 0 Å². The average molecular weight is 264 g/mol. The number of aliphatic hydroxyl groups is 1. The highest BCUT2D eigenvalue weighted by molar-refractivity contribution is 5.42. The Morgan fingerprint density at radius 2 is 2.37 bits per heavy atom. The molecule has 0 saturated heterocycles. The Morgan fingerprint density at radius 1 is 1.53 bits per heavy atom. The molecule has 2 unspecified atom stereocenters. The first kappa shape index (κ1) is 14.1. The van der Waals surface area contributed by atoms with Crippen molar-refractivity contribution >= 4 is 11.8 Å². The third kappa shape index (κ3) is 3.56. The summed E-state index contributed by atoms with van der Waals surface area (Å²) in [6, 6.07) is 1.86. The van der Waals surface area contributed by atoms with E-state index in [2.05, 4.69) is 27.5 Å². The van der Waals surface area contributed by atoms with Crippen molar-refractivity contribution in [3.63, 3.8) is 0 Å². The van der Waals surface area contributed by atoms with Crippen molar-refractivity contribution in [1.29, 1.82) is 0 Å². The Morgan fingerprint density at radius 3 is 3.05 bits per heavy atom. The zero-order valence-corrected chi connectivity index (χ0v) is 11.8. The second kappa shape index (κ2) is 6.19. The van der Waals surface area contributed by atoms with Crippen molar-refractivity contribution in [2.75, 3.05) is 23.8 Å². The van der Waals surface area contributed by atoms with Gasteiger partial charge in [0.05, 0.1) is 12.1 Å². The molecule has 0 radical (unpaired) electrons. The molecule has 3 N–H and O–H groups in total. The number of hydrogen-bond acceptors (Lipinski definition) is 5. The van der Waals surface area contributed by atoms with Crippen molar-refractivity contribution < 1.29 is 5.11 Å². The first-order chi connectivity index (χ1) is 9.17. The quantitative estimate of drug-likeness (QED) is 0.761. The normalized spacial score (nSPS) is 27.0. The van der Waals surface area contributed by atoms with Gasteiger partial charge in [0.1, 0.15) is 5.82 Å². The minimum atomic E-state index is -0.227. The van der Waals surface area contributed by atoms with Crippen LogP contribution in [0.5, 0.6) is 0 Å². The SMILES string of the molecule is CCNc1nccc(NC2(CO)CCCC(C)C2)n1. The second-order valence-electron chi connectivity index (χ2n) is 5.56. The summed E-state index contributed by atoms with van der Waals surface area (Å²) in [5, 5.41) is 16.3. The molecular formula is C14H24N4O. The van der Waals surface area contributed by atoms with E-state index in [-0.39, 0.29) is 12.1 Å². The predicted molar refractivity (Wildman–Crippen MR) is 77.3 cm³/mol. The lowest BCUT2D eigenvalue weighted by Crippen LogP contribution is -2.46. The van der Waals surface area contributed by atoms with Crippen molar-refractivity contribution in [2.24, 2.45) is 5.92 Å². The van der Waals surface area contributed by atoms with E-state index in [4.69, 9.17) is 0 Å². The summed E-state index contributed by atoms with van der Waals surface area (Å²) in [6.07, 6.45) is 6.12. The fraction of sp³-hybridized carbons (Fsp3) is 0.714. The highest BCUT2D eigenvalue weighted by Gasteiger charge is 2.34. The molecule has 5 heteroatoms. The van der Waals surface area contributed by atoms with Crippen LogP contribution < -0.4 is 10.6 Å². The summed E-state index contributed by atoms with van der Waals surface area (Å²) in [5.74, 6) is 2.06. The number of rotatable bonds is 5. The molecule has 1 aromatic rings. The Balaban J connectivity index is 2.11. The number of anilines is 2. The van der Waals surface area contributed by atoms with Crippen LogP contribution in [-0.2, 0) is 0 Å². The van der Waals surface area contributed by atoms with E-state index in [1.54, 1.807) is 6.20 Å². The van der Waals surface area contributed by atoms with Gasteiger partial charge in [-0.05, 0) is 31.7 Å². The maximum atomic E-state index is 9.77. The molecule has 0 spiro atoms. The molecule has 0 aromatic carbocycles. The zero-order chi connectivity index (χ0) is 13.7. The maximum Gasteiger partial charge on any atom is 0.224 e. The van der Waals surface area contributed by atoms with E-state index in [1.807, 2.05) is 13.0 Å². The van der Waals surface area contributed by atoms with Gasteiger partial charge in [0.25, 0.3) is 0 Å². The van der Waals surface area contributed by atoms with Gasteiger partial charge in [0.15, 0.2) is 0 Å². The molecule has 1 saturated carbocycles. The molecule has 5 nitrogen and oxygen atoms in total. The molecular weight excluding hydrogens is 240 g/mol. The summed E-state index contributed by atoms with van der Waals surface area (Å²) in [6.45, 7) is 5.21. The lowest BCUT2D eigenvalue weighted by molar-refractivity contribution is 0.149. The molecule has 1 fully saturated rings. The molecule has 1 aromatic heterocycles. The standard InChI is InChI=1S/C14H24N4O/c1-3-15-13-16-8-6-12(17-13)18-14(10-19)7-4-5-11(2)9-14/h6,8,11,19H,3-5,7,9-10H2,1-2H3,(H2,15,16,17,18). The van der Waals surface area contributed by atoms with Crippen LogP contribution in [0.15, 0.2) is 12.3 Å². The van der Waals surface area contributed by atoms with Crippen LogP contribution in [0.25, 0.3) is 0 Å². The largest absolute Gasteiger partial charge is 0.394 e. The van der Waals surface area contributed by atoms with E-state index in [1.165, 1.54) is 6.42 Å². The predicted octanol–water partition coefficient (Wildman–Crippen LogP) is 2.26. The van der Waals surface area contributed by atoms with Crippen LogP contribution in [0.2, 0.25) is 0 Å². The van der Waals surface area contributed by atoms with E-state index in [0.717, 1.165) is 31.6 Å². The molecule has 1 heterocycles. The molecule has 2 atom stereocenters. The lowest BCUT2D eigenvalue weighted by Gasteiger charge is -2.39. The molecule has 19 heavy (non-hydrogen) atoms. The van der Waals surface area contributed by atoms with Crippen molar-refractivity contribution in [3.8, 4) is 0 Å². The fourth-order valence-electron chi connectivity index (χ4n) is 2.90. The first-order valence-electron chi connectivity index (χ1n) is 7.13. The monoisotopic (exact) mass is 264 g/mol. The van der Waals surface area contributed by atoms with E-state index >= 15 is 0 Å². The Bertz CT molecular complexity index is 412. The number of aliphatic hydroxyl groups excluding tert-OH is 1. The van der Waals surface area contributed by atoms with Crippen LogP contribution in [0, 0.1) is 5.92 Å². The minimum Gasteiger partial charge on any atom is -0.394 e. The van der Waals surface area contributed by atoms with Gasteiger partial charge in [-0.15, -0.1) is 0 Å². The van der Waals surface area contributed by atoms with Gasteiger partial charge in [0, 0.05) is 12.7 Å². The van der Waals surface area contributed by atoms with Gasteiger partial charge in [-0.25, -0.2) is 4.98 Å². The summed E-state index contributed by atoms with van der Waals surface area (Å²) < 4.78 is 0. The van der Waals surface area contributed by atoms with Crippen LogP contribution in [0.1, 0.15) is 39.5 Å². The van der Waals surface area contributed by atoms with E-state index < -0.39 is 0 Å². The minimum absolute atomic E-state index is 0.151. The topological polar surface area (TPSA) is 70.1 Å². The smallest absolute Gasteiger partial charge is 0.224 e. The van der Waals surface area contributed by atoms with E-state index in [9.17, 15) is 5.11 Å². The van der Waals surface area contributed by atoms with Gasteiger partial charge in [0.2, 0.25) is 5.95 Å². The van der Waals surface area contributed by atoms with Crippen LogP contribution in [-0.4, -0.2) is 33.8 Å². The third-order valence-electron chi connectivity index (χ3n) is 3.78. The molecule has 2 rings (SSSR count). The van der Waals surface area contributed by atoms with Gasteiger partial charge in [-0.1, -0.05) is 19.8 Å². The van der Waals surface area contributed by atoms with Crippen molar-refractivity contribution in [3.05, 3.63) is 12.3 Å². The van der Waals surface area contributed by atoms with Crippen LogP contribution >= 0.6 is 0 Å². The fourth-order valence-corrected chi connectivity index (χ4v) is 2.90. The van der Waals surface area contributed by atoms with E-state index in [0.29, 0.717) is 11.9 Å². The first-order valence-corrected chi connectivity index (χ1v) is 7.13. The Labute approximate surface area is 114 Å². The Kier molecular flexibility index (Phi) is 4.58. The highest BCUT2D eigenvalue weighted by atomic mass is 16.3. The summed E-state index contributed by atoms with van der Waals surface area (Å²) >= 11 is 0. The maximum absolute atomic E-state index is 9.77. The number of hydrogen-bond donors (Lipinski definition) is 3.